The summed E-state index contributed by atoms with van der Waals surface area (Å²) >= 11 is 0. The number of β-amino-alcohol motifs (C(OH)–C–C–N with tert-alkyl or cyclic N) is 1. The molecule has 0 radical (unpaired) electrons. The quantitative estimate of drug-likeness (QED) is 0.594. The lowest BCUT2D eigenvalue weighted by Crippen LogP contribution is -2.51. The third kappa shape index (κ3) is 7.69. The van der Waals surface area contributed by atoms with Gasteiger partial charge in [0.1, 0.15) is 30.3 Å². The molecule has 1 amide bonds. The molecule has 0 aromatic heterocycles. The summed E-state index contributed by atoms with van der Waals surface area (Å²) in [6.07, 6.45) is 2.59. The van der Waals surface area contributed by atoms with Crippen LogP contribution in [0.15, 0.2) is 48.5 Å². The summed E-state index contributed by atoms with van der Waals surface area (Å²) in [6.45, 7) is 10.4. The lowest BCUT2D eigenvalue weighted by atomic mass is 10.0. The molecule has 35 heavy (non-hydrogen) atoms. The van der Waals surface area contributed by atoms with Gasteiger partial charge in [0.25, 0.3) is 0 Å². The minimum atomic E-state index is -1.16. The van der Waals surface area contributed by atoms with Gasteiger partial charge in [0, 0.05) is 39.6 Å². The minimum Gasteiger partial charge on any atom is -0.492 e. The van der Waals surface area contributed by atoms with Gasteiger partial charge in [0.15, 0.2) is 0 Å². The second-order valence-corrected chi connectivity index (χ2v) is 10.0. The van der Waals surface area contributed by atoms with E-state index in [2.05, 4.69) is 21.9 Å². The first kappa shape index (κ1) is 25.5. The molecule has 2 aliphatic heterocycles. The van der Waals surface area contributed by atoms with Crippen molar-refractivity contribution < 1.29 is 19.4 Å². The number of benzene rings is 2. The van der Waals surface area contributed by atoms with E-state index in [0.717, 1.165) is 29.2 Å². The molecule has 0 aliphatic carbocycles. The highest BCUT2D eigenvalue weighted by atomic mass is 16.5. The van der Waals surface area contributed by atoms with Crippen LogP contribution in [0.25, 0.3) is 0 Å². The zero-order valence-electron chi connectivity index (χ0n) is 21.1. The Labute approximate surface area is 209 Å². The van der Waals surface area contributed by atoms with E-state index in [1.807, 2.05) is 43.3 Å². The van der Waals surface area contributed by atoms with Crippen molar-refractivity contribution in [1.82, 2.24) is 14.7 Å². The highest BCUT2D eigenvalue weighted by molar-refractivity contribution is 5.73. The Morgan fingerprint density at radius 3 is 2.23 bits per heavy atom. The Bertz CT molecular complexity index is 944. The van der Waals surface area contributed by atoms with Gasteiger partial charge in [0.05, 0.1) is 6.54 Å². The average Bonchev–Trinajstić information content (AvgIpc) is 3.29. The number of hydrogen-bond acceptors (Lipinski definition) is 6. The maximum atomic E-state index is 12.2. The third-order valence-electron chi connectivity index (χ3n) is 6.87. The molecule has 2 saturated heterocycles. The lowest BCUT2D eigenvalue weighted by Gasteiger charge is -2.32. The molecule has 190 valence electrons. The summed E-state index contributed by atoms with van der Waals surface area (Å²) in [5.74, 6) is 1.57. The molecule has 2 heterocycles. The van der Waals surface area contributed by atoms with Crippen molar-refractivity contribution in [2.75, 3.05) is 59.0 Å². The first-order valence-corrected chi connectivity index (χ1v) is 12.7. The monoisotopic (exact) mass is 481 g/mol. The molecular formula is C28H39N3O4. The topological polar surface area (TPSA) is 65.5 Å². The van der Waals surface area contributed by atoms with Crippen molar-refractivity contribution in [3.8, 4) is 11.5 Å². The van der Waals surface area contributed by atoms with Crippen molar-refractivity contribution in [2.24, 2.45) is 0 Å². The van der Waals surface area contributed by atoms with E-state index in [0.29, 0.717) is 32.8 Å². The molecule has 0 saturated carbocycles. The number of rotatable bonds is 9. The van der Waals surface area contributed by atoms with Gasteiger partial charge in [-0.25, -0.2) is 0 Å². The molecule has 0 bridgehead atoms. The van der Waals surface area contributed by atoms with E-state index in [4.69, 9.17) is 9.47 Å². The number of carbonyl (C=O) groups excluding carboxylic acids is 1. The number of ether oxygens (including phenoxy) is 2. The van der Waals surface area contributed by atoms with Crippen molar-refractivity contribution in [3.05, 3.63) is 59.7 Å². The fourth-order valence-corrected chi connectivity index (χ4v) is 4.84. The number of likely N-dealkylation sites (tertiary alicyclic amines) is 1. The molecular weight excluding hydrogens is 442 g/mol. The molecule has 2 aromatic rings. The van der Waals surface area contributed by atoms with Gasteiger partial charge in [-0.3, -0.25) is 14.6 Å². The molecule has 7 nitrogen and oxygen atoms in total. The van der Waals surface area contributed by atoms with E-state index in [-0.39, 0.29) is 19.1 Å². The second-order valence-electron chi connectivity index (χ2n) is 10.0. The lowest BCUT2D eigenvalue weighted by molar-refractivity contribution is -0.132. The summed E-state index contributed by atoms with van der Waals surface area (Å²) in [5, 5.41) is 11.5. The van der Waals surface area contributed by atoms with Crippen LogP contribution in [0.1, 0.15) is 30.9 Å². The van der Waals surface area contributed by atoms with Crippen molar-refractivity contribution in [3.63, 3.8) is 0 Å². The van der Waals surface area contributed by atoms with Gasteiger partial charge >= 0.3 is 0 Å². The molecule has 2 aromatic carbocycles. The van der Waals surface area contributed by atoms with Crippen molar-refractivity contribution >= 4 is 5.91 Å². The Morgan fingerprint density at radius 1 is 0.886 bits per heavy atom. The molecule has 1 unspecified atom stereocenters. The van der Waals surface area contributed by atoms with E-state index in [1.165, 1.54) is 25.9 Å². The summed E-state index contributed by atoms with van der Waals surface area (Å²) in [4.78, 5) is 18.5. The average molecular weight is 482 g/mol. The Kier molecular flexibility index (Phi) is 8.65. The summed E-state index contributed by atoms with van der Waals surface area (Å²) in [5.41, 5.74) is 1.14. The van der Waals surface area contributed by atoms with Crippen LogP contribution in [0, 0.1) is 6.92 Å². The van der Waals surface area contributed by atoms with Gasteiger partial charge in [-0.15, -0.1) is 0 Å². The van der Waals surface area contributed by atoms with E-state index in [9.17, 15) is 9.90 Å². The van der Waals surface area contributed by atoms with Gasteiger partial charge in [-0.2, -0.15) is 0 Å². The van der Waals surface area contributed by atoms with Crippen LogP contribution in [0.5, 0.6) is 11.5 Å². The SMILES string of the molecule is CC(=O)N1CCN(Cc2ccc(OCCN3CCCC3)cc2)CC(O)(COc2ccc(C)cc2)C1. The van der Waals surface area contributed by atoms with E-state index in [1.54, 1.807) is 11.8 Å². The first-order chi connectivity index (χ1) is 16.9. The fourth-order valence-electron chi connectivity index (χ4n) is 4.84. The third-order valence-corrected chi connectivity index (χ3v) is 6.87. The highest BCUT2D eigenvalue weighted by Gasteiger charge is 2.36. The molecule has 2 aliphatic rings. The second kappa shape index (κ2) is 11.9. The molecule has 4 rings (SSSR count). The number of aliphatic hydroxyl groups is 1. The zero-order valence-corrected chi connectivity index (χ0v) is 21.1. The van der Waals surface area contributed by atoms with Crippen LogP contribution in [0.2, 0.25) is 0 Å². The summed E-state index contributed by atoms with van der Waals surface area (Å²) in [6, 6.07) is 16.0. The van der Waals surface area contributed by atoms with E-state index >= 15 is 0 Å². The maximum absolute atomic E-state index is 12.2. The van der Waals surface area contributed by atoms with Crippen LogP contribution in [0.3, 0.4) is 0 Å². The minimum absolute atomic E-state index is 0.0314. The van der Waals surface area contributed by atoms with Crippen LogP contribution in [0.4, 0.5) is 0 Å². The van der Waals surface area contributed by atoms with Crippen LogP contribution >= 0.6 is 0 Å². The Balaban J connectivity index is 1.34. The predicted molar refractivity (Wildman–Crippen MR) is 137 cm³/mol. The summed E-state index contributed by atoms with van der Waals surface area (Å²) in [7, 11) is 0. The summed E-state index contributed by atoms with van der Waals surface area (Å²) < 4.78 is 11.9. The normalized spacial score (nSPS) is 21.6. The van der Waals surface area contributed by atoms with Gasteiger partial charge in [-0.1, -0.05) is 29.8 Å². The maximum Gasteiger partial charge on any atom is 0.219 e. The number of carbonyl (C=O) groups is 1. The molecule has 2 fully saturated rings. The van der Waals surface area contributed by atoms with Gasteiger partial charge < -0.3 is 19.5 Å². The van der Waals surface area contributed by atoms with Crippen LogP contribution in [-0.2, 0) is 11.3 Å². The number of nitrogens with zero attached hydrogens (tertiary/aromatic N) is 3. The van der Waals surface area contributed by atoms with Crippen molar-refractivity contribution in [1.29, 1.82) is 0 Å². The highest BCUT2D eigenvalue weighted by Crippen LogP contribution is 2.21. The zero-order chi connectivity index (χ0) is 24.7. The van der Waals surface area contributed by atoms with Crippen molar-refractivity contribution in [2.45, 2.75) is 38.8 Å². The smallest absolute Gasteiger partial charge is 0.219 e. The fraction of sp³-hybridized carbons (Fsp3) is 0.536. The standard InChI is InChI=1S/C28H39N3O4/c1-23-5-9-27(10-6-23)35-22-28(33)20-30(15-16-31(21-28)24(2)32)19-25-7-11-26(12-8-25)34-18-17-29-13-3-4-14-29/h5-12,33H,3-4,13-22H2,1-2H3. The molecule has 0 spiro atoms. The Hall–Kier alpha value is -2.61. The van der Waals surface area contributed by atoms with Gasteiger partial charge in [-0.05, 0) is 62.7 Å². The number of aryl methyl sites for hydroxylation is 1. The predicted octanol–water partition coefficient (Wildman–Crippen LogP) is 2.94. The molecule has 1 atom stereocenters. The number of amides is 1. The molecule has 1 N–H and O–H groups in total. The van der Waals surface area contributed by atoms with E-state index < -0.39 is 5.60 Å². The van der Waals surface area contributed by atoms with Gasteiger partial charge in [0.2, 0.25) is 5.91 Å². The van der Waals surface area contributed by atoms with Crippen LogP contribution < -0.4 is 9.47 Å². The number of hydrogen-bond donors (Lipinski definition) is 1. The van der Waals surface area contributed by atoms with Crippen LogP contribution in [-0.4, -0.2) is 90.3 Å². The molecule has 7 heteroatoms. The Morgan fingerprint density at radius 2 is 1.54 bits per heavy atom. The largest absolute Gasteiger partial charge is 0.492 e. The first-order valence-electron chi connectivity index (χ1n) is 12.7.